The molecule has 160 valence electrons. The second kappa shape index (κ2) is 9.76. The molecule has 2 N–H and O–H groups in total. The molecule has 0 radical (unpaired) electrons. The molecular weight excluding hydrogens is 423 g/mol. The molecular formula is C20H24ClFO6S. The fourth-order valence-electron chi connectivity index (χ4n) is 3.48. The molecule has 0 saturated carbocycles. The molecule has 2 aliphatic rings. The zero-order valence-corrected chi connectivity index (χ0v) is 17.5. The van der Waals surface area contributed by atoms with Crippen LogP contribution in [0.1, 0.15) is 25.3 Å². The van der Waals surface area contributed by atoms with Crippen LogP contribution in [0.25, 0.3) is 0 Å². The maximum atomic E-state index is 13.3. The van der Waals surface area contributed by atoms with Gasteiger partial charge in [-0.1, -0.05) is 17.7 Å². The van der Waals surface area contributed by atoms with Gasteiger partial charge in [0.25, 0.3) is 0 Å². The highest BCUT2D eigenvalue weighted by Gasteiger charge is 2.49. The number of hydrogen-bond acceptors (Lipinski definition) is 7. The number of aliphatic hydroxyl groups is 2. The summed E-state index contributed by atoms with van der Waals surface area (Å²) >= 11 is 7.61. The average molecular weight is 447 g/mol. The van der Waals surface area contributed by atoms with Gasteiger partial charge in [-0.2, -0.15) is 0 Å². The van der Waals surface area contributed by atoms with Crippen LogP contribution in [0.4, 0.5) is 4.39 Å². The third-order valence-corrected chi connectivity index (χ3v) is 6.64. The molecule has 1 aromatic rings. The zero-order chi connectivity index (χ0) is 21.0. The summed E-state index contributed by atoms with van der Waals surface area (Å²) in [5.41, 5.74) is 1.19. The van der Waals surface area contributed by atoms with E-state index in [1.807, 2.05) is 0 Å². The Kier molecular flexibility index (Phi) is 7.58. The smallest absolute Gasteiger partial charge is 0.335 e. The van der Waals surface area contributed by atoms with Crippen molar-refractivity contribution in [1.82, 2.24) is 0 Å². The summed E-state index contributed by atoms with van der Waals surface area (Å²) in [4.78, 5) is 12.6. The zero-order valence-electron chi connectivity index (χ0n) is 16.0. The van der Waals surface area contributed by atoms with Crippen molar-refractivity contribution in [2.24, 2.45) is 0 Å². The van der Waals surface area contributed by atoms with Crippen LogP contribution in [0.15, 0.2) is 29.8 Å². The first-order chi connectivity index (χ1) is 13.9. The molecule has 0 bridgehead atoms. The van der Waals surface area contributed by atoms with E-state index in [1.165, 1.54) is 23.9 Å². The van der Waals surface area contributed by atoms with E-state index in [-0.39, 0.29) is 25.1 Å². The first-order valence-electron chi connectivity index (χ1n) is 9.44. The number of carbonyl (C=O) groups excluding carboxylic acids is 1. The highest BCUT2D eigenvalue weighted by atomic mass is 35.5. The van der Waals surface area contributed by atoms with Gasteiger partial charge in [0.2, 0.25) is 0 Å². The van der Waals surface area contributed by atoms with E-state index in [2.05, 4.69) is 0 Å². The lowest BCUT2D eigenvalue weighted by Crippen LogP contribution is -2.37. The second-order valence-electron chi connectivity index (χ2n) is 6.88. The van der Waals surface area contributed by atoms with Gasteiger partial charge in [-0.15, -0.1) is 11.8 Å². The van der Waals surface area contributed by atoms with E-state index >= 15 is 0 Å². The van der Waals surface area contributed by atoms with Crippen LogP contribution < -0.4 is 0 Å². The predicted octanol–water partition coefficient (Wildman–Crippen LogP) is 2.83. The number of esters is 1. The summed E-state index contributed by atoms with van der Waals surface area (Å²) in [5.74, 6) is -1.54. The standard InChI is InChI=1S/C20H24ClFO6S/c1-2-26-19(25)14-8-20(27-16(9-23)17(10-24)28-20)6-5-18(14)29-11-12-3-4-13(22)7-15(12)21/h3-4,7-8,16-18,23-24H,2,5-6,9-11H2,1H3/t16-,17-,18?/m1/s1. The van der Waals surface area contributed by atoms with Crippen LogP contribution in [-0.2, 0) is 24.8 Å². The van der Waals surface area contributed by atoms with E-state index in [0.29, 0.717) is 29.2 Å². The Morgan fingerprint density at radius 3 is 2.62 bits per heavy atom. The van der Waals surface area contributed by atoms with Crippen molar-refractivity contribution < 1.29 is 33.6 Å². The molecule has 1 heterocycles. The van der Waals surface area contributed by atoms with Gasteiger partial charge in [0.1, 0.15) is 18.0 Å². The fraction of sp³-hybridized carbons (Fsp3) is 0.550. The van der Waals surface area contributed by atoms with E-state index in [9.17, 15) is 19.4 Å². The maximum absolute atomic E-state index is 13.3. The number of rotatable bonds is 7. The Morgan fingerprint density at radius 2 is 2.03 bits per heavy atom. The molecule has 1 spiro atoms. The van der Waals surface area contributed by atoms with Gasteiger partial charge in [0, 0.05) is 22.4 Å². The van der Waals surface area contributed by atoms with Gasteiger partial charge < -0.3 is 24.4 Å². The van der Waals surface area contributed by atoms with Crippen molar-refractivity contribution >= 4 is 29.3 Å². The molecule has 3 atom stereocenters. The van der Waals surface area contributed by atoms with E-state index < -0.39 is 29.8 Å². The van der Waals surface area contributed by atoms with Crippen LogP contribution in [0.5, 0.6) is 0 Å². The van der Waals surface area contributed by atoms with Crippen molar-refractivity contribution in [1.29, 1.82) is 0 Å². The van der Waals surface area contributed by atoms with Gasteiger partial charge in [-0.3, -0.25) is 0 Å². The third-order valence-electron chi connectivity index (χ3n) is 4.92. The molecule has 1 aliphatic heterocycles. The van der Waals surface area contributed by atoms with Crippen molar-refractivity contribution in [3.63, 3.8) is 0 Å². The first-order valence-corrected chi connectivity index (χ1v) is 10.9. The second-order valence-corrected chi connectivity index (χ2v) is 8.48. The van der Waals surface area contributed by atoms with Crippen LogP contribution in [-0.4, -0.2) is 59.2 Å². The molecule has 29 heavy (non-hydrogen) atoms. The summed E-state index contributed by atoms with van der Waals surface area (Å²) in [6.07, 6.45) is 1.29. The number of aliphatic hydroxyl groups excluding tert-OH is 2. The SMILES string of the molecule is CCOC(=O)C1=CC2(CCC1SCc1ccc(F)cc1Cl)O[C@H](CO)[C@@H](CO)O2. The molecule has 1 fully saturated rings. The molecule has 0 aromatic heterocycles. The lowest BCUT2D eigenvalue weighted by molar-refractivity contribution is -0.154. The lowest BCUT2D eigenvalue weighted by atomic mass is 9.94. The number of carbonyl (C=O) groups is 1. The highest BCUT2D eigenvalue weighted by Crippen LogP contribution is 2.43. The van der Waals surface area contributed by atoms with Crippen LogP contribution >= 0.6 is 23.4 Å². The number of halogens is 2. The fourth-order valence-corrected chi connectivity index (χ4v) is 5.06. The van der Waals surface area contributed by atoms with Crippen molar-refractivity contribution in [2.45, 2.75) is 48.8 Å². The minimum atomic E-state index is -1.17. The minimum Gasteiger partial charge on any atom is -0.463 e. The van der Waals surface area contributed by atoms with Gasteiger partial charge in [-0.25, -0.2) is 9.18 Å². The van der Waals surface area contributed by atoms with Crippen molar-refractivity contribution in [3.8, 4) is 0 Å². The van der Waals surface area contributed by atoms with Crippen LogP contribution in [0.2, 0.25) is 5.02 Å². The quantitative estimate of drug-likeness (QED) is 0.623. The Hall–Kier alpha value is -1.16. The summed E-state index contributed by atoms with van der Waals surface area (Å²) in [6.45, 7) is 1.36. The first kappa shape index (κ1) is 22.5. The Labute approximate surface area is 178 Å². The molecule has 3 rings (SSSR count). The van der Waals surface area contributed by atoms with E-state index in [4.69, 9.17) is 25.8 Å². The predicted molar refractivity (Wildman–Crippen MR) is 107 cm³/mol. The lowest BCUT2D eigenvalue weighted by Gasteiger charge is -2.33. The maximum Gasteiger partial charge on any atom is 0.335 e. The molecule has 0 amide bonds. The topological polar surface area (TPSA) is 85.2 Å². The van der Waals surface area contributed by atoms with Crippen LogP contribution in [0.3, 0.4) is 0 Å². The molecule has 1 unspecified atom stereocenters. The van der Waals surface area contributed by atoms with Gasteiger partial charge in [-0.05, 0) is 37.1 Å². The van der Waals surface area contributed by atoms with Crippen molar-refractivity contribution in [2.75, 3.05) is 19.8 Å². The molecule has 1 saturated heterocycles. The summed E-state index contributed by atoms with van der Waals surface area (Å²) in [7, 11) is 0. The van der Waals surface area contributed by atoms with Gasteiger partial charge in [0.05, 0.1) is 25.4 Å². The summed E-state index contributed by atoms with van der Waals surface area (Å²) < 4.78 is 30.2. The Balaban J connectivity index is 1.80. The number of thioether (sulfide) groups is 1. The molecule has 6 nitrogen and oxygen atoms in total. The molecule has 1 aliphatic carbocycles. The number of hydrogen-bond donors (Lipinski definition) is 2. The van der Waals surface area contributed by atoms with E-state index in [0.717, 1.165) is 5.56 Å². The monoisotopic (exact) mass is 446 g/mol. The van der Waals surface area contributed by atoms with Gasteiger partial charge in [0.15, 0.2) is 5.79 Å². The largest absolute Gasteiger partial charge is 0.463 e. The number of ether oxygens (including phenoxy) is 3. The minimum absolute atomic E-state index is 0.186. The molecule has 9 heteroatoms. The Bertz CT molecular complexity index is 761. The highest BCUT2D eigenvalue weighted by molar-refractivity contribution is 7.99. The molecule has 1 aromatic carbocycles. The summed E-state index contributed by atoms with van der Waals surface area (Å²) in [6, 6.07) is 4.24. The Morgan fingerprint density at radius 1 is 1.34 bits per heavy atom. The van der Waals surface area contributed by atoms with E-state index in [1.54, 1.807) is 19.1 Å². The van der Waals surface area contributed by atoms with Crippen LogP contribution in [0, 0.1) is 5.82 Å². The van der Waals surface area contributed by atoms with Gasteiger partial charge >= 0.3 is 5.97 Å². The van der Waals surface area contributed by atoms with Crippen molar-refractivity contribution in [3.05, 3.63) is 46.3 Å². The number of benzene rings is 1. The average Bonchev–Trinajstić information content (AvgIpc) is 3.05. The summed E-state index contributed by atoms with van der Waals surface area (Å²) in [5, 5.41) is 19.1. The third kappa shape index (κ3) is 5.13. The normalized spacial score (nSPS) is 25.8.